The average molecular weight is 310 g/mol. The zero-order valence-electron chi connectivity index (χ0n) is 11.1. The molecule has 112 valence electrons. The summed E-state index contributed by atoms with van der Waals surface area (Å²) in [6.07, 6.45) is 0.259. The van der Waals surface area contributed by atoms with Crippen molar-refractivity contribution in [3.8, 4) is 6.07 Å². The number of nitrogens with one attached hydrogen (secondary N) is 1. The Hall–Kier alpha value is -1.95. The zero-order valence-corrected chi connectivity index (χ0v) is 11.9. The van der Waals surface area contributed by atoms with Crippen LogP contribution in [-0.2, 0) is 26.0 Å². The fourth-order valence-electron chi connectivity index (χ4n) is 2.05. The molecule has 1 aliphatic rings. The molecule has 2 rings (SSSR count). The van der Waals surface area contributed by atoms with Gasteiger partial charge in [-0.15, -0.1) is 0 Å². The molecule has 0 aromatic heterocycles. The molecule has 21 heavy (non-hydrogen) atoms. The zero-order chi connectivity index (χ0) is 15.5. The number of hydrogen-bond acceptors (Lipinski definition) is 5. The van der Waals surface area contributed by atoms with E-state index in [1.165, 1.54) is 24.3 Å². The van der Waals surface area contributed by atoms with Crippen molar-refractivity contribution < 1.29 is 23.1 Å². The Morgan fingerprint density at radius 3 is 2.57 bits per heavy atom. The Bertz CT molecular complexity index is 670. The molecule has 1 saturated heterocycles. The van der Waals surface area contributed by atoms with Crippen LogP contribution < -0.4 is 4.72 Å². The van der Waals surface area contributed by atoms with Crippen LogP contribution in [-0.4, -0.2) is 38.2 Å². The van der Waals surface area contributed by atoms with Crippen LogP contribution in [0.25, 0.3) is 0 Å². The number of nitrogens with zero attached hydrogens (tertiary/aromatic N) is 1. The first-order valence-electron chi connectivity index (χ1n) is 6.21. The van der Waals surface area contributed by atoms with E-state index in [9.17, 15) is 18.3 Å². The summed E-state index contributed by atoms with van der Waals surface area (Å²) in [5, 5.41) is 17.8. The van der Waals surface area contributed by atoms with E-state index in [-0.39, 0.29) is 31.0 Å². The highest BCUT2D eigenvalue weighted by Gasteiger charge is 2.46. The lowest BCUT2D eigenvalue weighted by Crippen LogP contribution is -2.54. The van der Waals surface area contributed by atoms with E-state index in [1.807, 2.05) is 6.07 Å². The number of rotatable bonds is 5. The third-order valence-corrected chi connectivity index (χ3v) is 4.83. The molecule has 1 aliphatic heterocycles. The third kappa shape index (κ3) is 3.21. The van der Waals surface area contributed by atoms with Crippen LogP contribution in [0, 0.1) is 11.3 Å². The van der Waals surface area contributed by atoms with Gasteiger partial charge in [-0.3, -0.25) is 4.79 Å². The lowest BCUT2D eigenvalue weighted by Gasteiger charge is -2.23. The molecule has 1 aromatic carbocycles. The quantitative estimate of drug-likeness (QED) is 0.806. The van der Waals surface area contributed by atoms with Gasteiger partial charge in [-0.1, -0.05) is 12.1 Å². The Balaban J connectivity index is 2.25. The molecule has 0 radical (unpaired) electrons. The molecule has 2 N–H and O–H groups in total. The Kier molecular flexibility index (Phi) is 4.27. The Morgan fingerprint density at radius 1 is 1.43 bits per heavy atom. The molecule has 1 heterocycles. The second kappa shape index (κ2) is 5.81. The van der Waals surface area contributed by atoms with Gasteiger partial charge in [0.2, 0.25) is 10.0 Å². The first-order chi connectivity index (χ1) is 9.89. The molecule has 1 fully saturated rings. The number of ether oxygens (including phenoxy) is 1. The van der Waals surface area contributed by atoms with E-state index >= 15 is 0 Å². The van der Waals surface area contributed by atoms with Gasteiger partial charge in [0.05, 0.1) is 24.0 Å². The molecule has 0 saturated carbocycles. The van der Waals surface area contributed by atoms with Crippen LogP contribution in [0.2, 0.25) is 0 Å². The molecule has 0 bridgehead atoms. The monoisotopic (exact) mass is 310 g/mol. The highest BCUT2D eigenvalue weighted by atomic mass is 32.2. The van der Waals surface area contributed by atoms with Gasteiger partial charge < -0.3 is 9.84 Å². The summed E-state index contributed by atoms with van der Waals surface area (Å²) in [5.41, 5.74) is -0.932. The van der Waals surface area contributed by atoms with Gasteiger partial charge in [0.15, 0.2) is 5.54 Å². The fraction of sp³-hybridized carbons (Fsp3) is 0.385. The van der Waals surface area contributed by atoms with Gasteiger partial charge in [-0.05, 0) is 17.7 Å². The van der Waals surface area contributed by atoms with Gasteiger partial charge in [-0.2, -0.15) is 9.98 Å². The van der Waals surface area contributed by atoms with E-state index < -0.39 is 21.5 Å². The predicted molar refractivity (Wildman–Crippen MR) is 71.9 cm³/mol. The van der Waals surface area contributed by atoms with E-state index in [2.05, 4.69) is 4.72 Å². The summed E-state index contributed by atoms with van der Waals surface area (Å²) >= 11 is 0. The second-order valence-electron chi connectivity index (χ2n) is 4.77. The first-order valence-corrected chi connectivity index (χ1v) is 7.69. The second-order valence-corrected chi connectivity index (χ2v) is 6.46. The van der Waals surface area contributed by atoms with Gasteiger partial charge >= 0.3 is 5.97 Å². The van der Waals surface area contributed by atoms with Crippen molar-refractivity contribution >= 4 is 16.0 Å². The van der Waals surface area contributed by atoms with Gasteiger partial charge in [0.1, 0.15) is 0 Å². The number of nitriles is 1. The summed E-state index contributed by atoms with van der Waals surface area (Å²) in [6.45, 7) is -0.00991. The van der Waals surface area contributed by atoms with Crippen molar-refractivity contribution in [1.29, 1.82) is 5.26 Å². The van der Waals surface area contributed by atoms with Crippen LogP contribution >= 0.6 is 0 Å². The fourth-order valence-corrected chi connectivity index (χ4v) is 3.43. The molecule has 1 unspecified atom stereocenters. The van der Waals surface area contributed by atoms with E-state index in [1.54, 1.807) is 0 Å². The summed E-state index contributed by atoms with van der Waals surface area (Å²) in [6, 6.07) is 7.71. The summed E-state index contributed by atoms with van der Waals surface area (Å²) < 4.78 is 31.8. The molecule has 0 spiro atoms. The van der Waals surface area contributed by atoms with Crippen LogP contribution in [0.15, 0.2) is 29.2 Å². The molecule has 0 amide bonds. The maximum absolute atomic E-state index is 12.3. The highest BCUT2D eigenvalue weighted by Crippen LogP contribution is 2.22. The number of aliphatic carboxylic acids is 1. The molecule has 1 atom stereocenters. The van der Waals surface area contributed by atoms with Crippen molar-refractivity contribution in [2.75, 3.05) is 13.2 Å². The van der Waals surface area contributed by atoms with Crippen LogP contribution in [0.4, 0.5) is 0 Å². The first kappa shape index (κ1) is 15.4. The lowest BCUT2D eigenvalue weighted by molar-refractivity contribution is -0.144. The van der Waals surface area contributed by atoms with Crippen LogP contribution in [0.3, 0.4) is 0 Å². The number of benzene rings is 1. The van der Waals surface area contributed by atoms with E-state index in [4.69, 9.17) is 10.00 Å². The maximum Gasteiger partial charge on any atom is 0.327 e. The molecular weight excluding hydrogens is 296 g/mol. The molecular formula is C13H14N2O5S. The molecule has 7 nitrogen and oxygen atoms in total. The van der Waals surface area contributed by atoms with Gasteiger partial charge in [0, 0.05) is 13.0 Å². The largest absolute Gasteiger partial charge is 0.480 e. The van der Waals surface area contributed by atoms with E-state index in [0.717, 1.165) is 0 Å². The normalized spacial score (nSPS) is 21.9. The number of carboxylic acid groups (broad SMARTS) is 1. The summed E-state index contributed by atoms with van der Waals surface area (Å²) in [7, 11) is -3.97. The lowest BCUT2D eigenvalue weighted by atomic mass is 10.0. The van der Waals surface area contributed by atoms with E-state index in [0.29, 0.717) is 5.56 Å². The molecule has 0 aliphatic carbocycles. The number of hydrogen-bond donors (Lipinski definition) is 2. The van der Waals surface area contributed by atoms with Gasteiger partial charge in [-0.25, -0.2) is 8.42 Å². The molecule has 1 aromatic rings. The summed E-state index contributed by atoms with van der Waals surface area (Å²) in [4.78, 5) is 11.3. The van der Waals surface area contributed by atoms with Crippen molar-refractivity contribution in [3.63, 3.8) is 0 Å². The topological polar surface area (TPSA) is 116 Å². The average Bonchev–Trinajstić information content (AvgIpc) is 2.89. The Labute approximate surface area is 122 Å². The number of sulfonamides is 1. The SMILES string of the molecule is N#CCc1ccc(S(=O)(=O)NC2(C(=O)O)CCOC2)cc1. The van der Waals surface area contributed by atoms with Crippen molar-refractivity contribution in [2.24, 2.45) is 0 Å². The number of carboxylic acids is 1. The minimum Gasteiger partial charge on any atom is -0.480 e. The van der Waals surface area contributed by atoms with Gasteiger partial charge in [0.25, 0.3) is 0 Å². The maximum atomic E-state index is 12.3. The number of carbonyl (C=O) groups is 1. The summed E-state index contributed by atoms with van der Waals surface area (Å²) in [5.74, 6) is -1.26. The van der Waals surface area contributed by atoms with Crippen molar-refractivity contribution in [2.45, 2.75) is 23.3 Å². The Morgan fingerprint density at radius 2 is 2.10 bits per heavy atom. The standard InChI is InChI=1S/C13H14N2O5S/c14-7-5-10-1-3-11(4-2-10)21(18,19)15-13(12(16)17)6-8-20-9-13/h1-4,15H,5-6,8-9H2,(H,16,17). The van der Waals surface area contributed by atoms with Crippen molar-refractivity contribution in [1.82, 2.24) is 4.72 Å². The van der Waals surface area contributed by atoms with Crippen LogP contribution in [0.1, 0.15) is 12.0 Å². The highest BCUT2D eigenvalue weighted by molar-refractivity contribution is 7.89. The molecule has 8 heteroatoms. The minimum atomic E-state index is -3.97. The van der Waals surface area contributed by atoms with Crippen molar-refractivity contribution in [3.05, 3.63) is 29.8 Å². The third-order valence-electron chi connectivity index (χ3n) is 3.28. The predicted octanol–water partition coefficient (Wildman–Crippen LogP) is 0.275. The minimum absolute atomic E-state index is 0.0447. The smallest absolute Gasteiger partial charge is 0.327 e. The van der Waals surface area contributed by atoms with Crippen LogP contribution in [0.5, 0.6) is 0 Å².